The van der Waals surface area contributed by atoms with E-state index in [9.17, 15) is 76.4 Å². The Kier molecular flexibility index (Phi) is 12.2. The van der Waals surface area contributed by atoms with Gasteiger partial charge in [0, 0.05) is 38.2 Å². The SMILES string of the molecule is N#Cc1cc(C(F)(F)F)ccc1-c1cccc(-n2c3ccccc3c3cc(-c4cc(C(F)(F)F)cc(C(F)(F)F)c4)ccc32)c1-c1c(C#N)cccc1-n1c2ccccc2c2cc(-c3cc(C(F)(F)F)cc(C(F)(F)F)c3)ccc21. The summed E-state index contributed by atoms with van der Waals surface area (Å²) in [5, 5.41) is 23.2. The lowest BCUT2D eigenvalue weighted by molar-refractivity contribution is -0.144. The van der Waals surface area contributed by atoms with Gasteiger partial charge >= 0.3 is 30.9 Å². The molecule has 0 N–H and O–H groups in total. The molecule has 0 aliphatic carbocycles. The summed E-state index contributed by atoms with van der Waals surface area (Å²) in [7, 11) is 0. The van der Waals surface area contributed by atoms with Gasteiger partial charge in [0.15, 0.2) is 0 Å². The Morgan fingerprint density at radius 1 is 0.287 bits per heavy atom. The standard InChI is InChI=1S/C61H29F15N4/c62-57(63,64)38-17-18-43(37(25-38)31-78)46-10-6-14-54(80-50-12-4-2-9-45(50)48-27-33(16-20-52(48)80)36-23-41(60(71,72)73)29-42(24-36)61(74,75)76)56(46)55-34(30-77)7-5-13-53(55)79-49-11-3-1-8-44(49)47-26-32(15-19-51(47)79)35-21-39(58(65,66)67)28-40(22-35)59(68,69)70/h1-29H. The van der Waals surface area contributed by atoms with Crippen molar-refractivity contribution in [3.8, 4) is 68.0 Å². The molecule has 0 radical (unpaired) electrons. The van der Waals surface area contributed by atoms with Gasteiger partial charge in [0.2, 0.25) is 0 Å². The first-order valence-electron chi connectivity index (χ1n) is 23.7. The molecule has 2 heterocycles. The van der Waals surface area contributed by atoms with Gasteiger partial charge in [-0.25, -0.2) is 0 Å². The molecule has 0 aliphatic heterocycles. The molecule has 0 aliphatic rings. The molecule has 0 amide bonds. The van der Waals surface area contributed by atoms with Crippen LogP contribution in [0.3, 0.4) is 0 Å². The van der Waals surface area contributed by atoms with Gasteiger partial charge in [0.1, 0.15) is 0 Å². The molecule has 9 aromatic carbocycles. The molecule has 4 nitrogen and oxygen atoms in total. The third-order valence-electron chi connectivity index (χ3n) is 13.9. The third kappa shape index (κ3) is 9.07. The molecule has 80 heavy (non-hydrogen) atoms. The maximum Gasteiger partial charge on any atom is 0.416 e. The van der Waals surface area contributed by atoms with Crippen LogP contribution < -0.4 is 0 Å². The summed E-state index contributed by atoms with van der Waals surface area (Å²) in [6.45, 7) is 0. The average molecular weight is 1100 g/mol. The topological polar surface area (TPSA) is 57.4 Å². The summed E-state index contributed by atoms with van der Waals surface area (Å²) in [5.74, 6) is 0. The summed E-state index contributed by atoms with van der Waals surface area (Å²) in [6.07, 6.45) is -25.5. The Morgan fingerprint density at radius 2 is 0.688 bits per heavy atom. The summed E-state index contributed by atoms with van der Waals surface area (Å²) < 4.78 is 216. The van der Waals surface area contributed by atoms with Crippen LogP contribution in [0, 0.1) is 22.7 Å². The zero-order valence-electron chi connectivity index (χ0n) is 40.2. The van der Waals surface area contributed by atoms with Crippen LogP contribution in [-0.2, 0) is 30.9 Å². The number of hydrogen-bond acceptors (Lipinski definition) is 2. The second-order valence-corrected chi connectivity index (χ2v) is 18.6. The zero-order valence-corrected chi connectivity index (χ0v) is 40.2. The number of hydrogen-bond donors (Lipinski definition) is 0. The van der Waals surface area contributed by atoms with Crippen molar-refractivity contribution in [2.24, 2.45) is 0 Å². The van der Waals surface area contributed by atoms with Crippen molar-refractivity contribution in [1.29, 1.82) is 10.5 Å². The summed E-state index contributed by atoms with van der Waals surface area (Å²) in [5.41, 5.74) is -6.48. The molecule has 0 bridgehead atoms. The highest BCUT2D eigenvalue weighted by Crippen LogP contribution is 2.49. The molecule has 0 unspecified atom stereocenters. The first-order chi connectivity index (χ1) is 37.7. The van der Waals surface area contributed by atoms with Gasteiger partial charge in [-0.3, -0.25) is 0 Å². The maximum absolute atomic E-state index is 14.3. The van der Waals surface area contributed by atoms with Crippen LogP contribution in [0.4, 0.5) is 65.9 Å². The highest BCUT2D eigenvalue weighted by molar-refractivity contribution is 6.13. The van der Waals surface area contributed by atoms with Crippen molar-refractivity contribution in [3.63, 3.8) is 0 Å². The normalized spacial score (nSPS) is 12.7. The first-order valence-corrected chi connectivity index (χ1v) is 23.7. The summed E-state index contributed by atoms with van der Waals surface area (Å²) in [6, 6.07) is 40.0. The van der Waals surface area contributed by atoms with E-state index in [0.29, 0.717) is 73.9 Å². The highest BCUT2D eigenvalue weighted by atomic mass is 19.4. The Hall–Kier alpha value is -9.49. The van der Waals surface area contributed by atoms with Crippen molar-refractivity contribution >= 4 is 43.6 Å². The van der Waals surface area contributed by atoms with Crippen molar-refractivity contribution in [2.45, 2.75) is 30.9 Å². The van der Waals surface area contributed by atoms with Crippen LogP contribution in [0.1, 0.15) is 38.9 Å². The lowest BCUT2D eigenvalue weighted by Crippen LogP contribution is -2.11. The van der Waals surface area contributed by atoms with Gasteiger partial charge in [-0.2, -0.15) is 76.4 Å². The van der Waals surface area contributed by atoms with Gasteiger partial charge in [-0.15, -0.1) is 0 Å². The molecule has 11 rings (SSSR count). The van der Waals surface area contributed by atoms with Crippen molar-refractivity contribution in [1.82, 2.24) is 9.13 Å². The number of rotatable bonds is 6. The minimum absolute atomic E-state index is 0.0114. The van der Waals surface area contributed by atoms with E-state index in [4.69, 9.17) is 0 Å². The minimum Gasteiger partial charge on any atom is -0.309 e. The van der Waals surface area contributed by atoms with Crippen molar-refractivity contribution in [3.05, 3.63) is 215 Å². The quantitative estimate of drug-likeness (QED) is 0.156. The lowest BCUT2D eigenvalue weighted by atomic mass is 9.87. The maximum atomic E-state index is 14.3. The van der Waals surface area contributed by atoms with Crippen LogP contribution in [0.15, 0.2) is 176 Å². The number of nitriles is 2. The summed E-state index contributed by atoms with van der Waals surface area (Å²) in [4.78, 5) is 0. The number of aromatic nitrogens is 2. The summed E-state index contributed by atoms with van der Waals surface area (Å²) >= 11 is 0. The number of fused-ring (bicyclic) bond motifs is 6. The molecule has 11 aromatic rings. The van der Waals surface area contributed by atoms with Crippen LogP contribution in [0.25, 0.3) is 99.5 Å². The van der Waals surface area contributed by atoms with Gasteiger partial charge in [0.05, 0.1) is 84.5 Å². The molecule has 0 saturated carbocycles. The number of alkyl halides is 15. The molecule has 0 spiro atoms. The van der Waals surface area contributed by atoms with Gasteiger partial charge in [0.25, 0.3) is 0 Å². The third-order valence-corrected chi connectivity index (χ3v) is 13.9. The van der Waals surface area contributed by atoms with E-state index in [-0.39, 0.29) is 62.5 Å². The molecule has 0 fully saturated rings. The van der Waals surface area contributed by atoms with Crippen molar-refractivity contribution < 1.29 is 65.9 Å². The van der Waals surface area contributed by atoms with Crippen LogP contribution in [-0.4, -0.2) is 9.13 Å². The van der Waals surface area contributed by atoms with Gasteiger partial charge < -0.3 is 9.13 Å². The highest BCUT2D eigenvalue weighted by Gasteiger charge is 2.39. The Balaban J connectivity index is 1.22. The fourth-order valence-electron chi connectivity index (χ4n) is 10.4. The largest absolute Gasteiger partial charge is 0.416 e. The second kappa shape index (κ2) is 18.6. The Bertz CT molecular complexity index is 4370. The number of nitrogens with zero attached hydrogens (tertiary/aromatic N) is 4. The Labute approximate surface area is 441 Å². The molecule has 0 saturated heterocycles. The van der Waals surface area contributed by atoms with Crippen LogP contribution in [0.2, 0.25) is 0 Å². The minimum atomic E-state index is -5.16. The van der Waals surface area contributed by atoms with Crippen molar-refractivity contribution in [2.75, 3.05) is 0 Å². The zero-order chi connectivity index (χ0) is 57.0. The van der Waals surface area contributed by atoms with E-state index in [1.807, 2.05) is 6.07 Å². The van der Waals surface area contributed by atoms with Crippen LogP contribution >= 0.6 is 0 Å². The lowest BCUT2D eigenvalue weighted by Gasteiger charge is -2.23. The predicted molar refractivity (Wildman–Crippen MR) is 271 cm³/mol. The van der Waals surface area contributed by atoms with Crippen LogP contribution in [0.5, 0.6) is 0 Å². The monoisotopic (exact) mass is 1100 g/mol. The van der Waals surface area contributed by atoms with E-state index in [0.717, 1.165) is 12.1 Å². The molecule has 2 aromatic heterocycles. The smallest absolute Gasteiger partial charge is 0.309 e. The second-order valence-electron chi connectivity index (χ2n) is 18.6. The van der Waals surface area contributed by atoms with E-state index in [1.54, 1.807) is 69.8 Å². The first kappa shape index (κ1) is 52.6. The average Bonchev–Trinajstić information content (AvgIpc) is 4.16. The van der Waals surface area contributed by atoms with E-state index in [1.165, 1.54) is 60.7 Å². The number of benzene rings is 9. The molecule has 0 atom stereocenters. The molecular weight excluding hydrogens is 1070 g/mol. The molecule has 398 valence electrons. The molecule has 19 heteroatoms. The Morgan fingerprint density at radius 3 is 1.11 bits per heavy atom. The fourth-order valence-corrected chi connectivity index (χ4v) is 10.4. The molecular formula is C61H29F15N4. The number of halogens is 15. The van der Waals surface area contributed by atoms with Gasteiger partial charge in [-0.05, 0) is 131 Å². The van der Waals surface area contributed by atoms with E-state index < -0.39 is 75.4 Å². The van der Waals surface area contributed by atoms with Gasteiger partial charge in [-0.1, -0.05) is 72.8 Å². The van der Waals surface area contributed by atoms with E-state index >= 15 is 0 Å². The number of para-hydroxylation sites is 2. The predicted octanol–water partition coefficient (Wildman–Crippen LogP) is 19.4. The van der Waals surface area contributed by atoms with E-state index in [2.05, 4.69) is 6.07 Å². The fraction of sp³-hybridized carbons (Fsp3) is 0.0820.